The van der Waals surface area contributed by atoms with Gasteiger partial charge in [0.15, 0.2) is 0 Å². The predicted octanol–water partition coefficient (Wildman–Crippen LogP) is 1.65. The van der Waals surface area contributed by atoms with Gasteiger partial charge in [-0.1, -0.05) is 49.1 Å². The number of rotatable bonds is 6. The van der Waals surface area contributed by atoms with E-state index < -0.39 is 8.07 Å². The zero-order chi connectivity index (χ0) is 14.4. The average Bonchev–Trinajstić information content (AvgIpc) is 2.44. The lowest BCUT2D eigenvalue weighted by atomic mass is 10.2. The van der Waals surface area contributed by atoms with Crippen molar-refractivity contribution >= 4 is 13.3 Å². The molecule has 0 amide bonds. The van der Waals surface area contributed by atoms with E-state index in [1.165, 1.54) is 10.8 Å². The van der Waals surface area contributed by atoms with Crippen LogP contribution in [0.4, 0.5) is 0 Å². The molecule has 1 N–H and O–H groups in total. The highest BCUT2D eigenvalue weighted by molar-refractivity contribution is 6.88. The number of benzene rings is 1. The number of hydrogen-bond acceptors (Lipinski definition) is 3. The molecular weight excluding hydrogens is 264 g/mol. The van der Waals surface area contributed by atoms with Gasteiger partial charge in [-0.15, -0.1) is 0 Å². The number of nitrogens with zero attached hydrogens (tertiary/aromatic N) is 1. The molecule has 1 aromatic carbocycles. The Morgan fingerprint density at radius 3 is 2.35 bits per heavy atom. The van der Waals surface area contributed by atoms with Crippen molar-refractivity contribution in [1.29, 1.82) is 0 Å². The summed E-state index contributed by atoms with van der Waals surface area (Å²) < 4.78 is 5.36. The van der Waals surface area contributed by atoms with Gasteiger partial charge >= 0.3 is 0 Å². The second-order valence-corrected chi connectivity index (χ2v) is 11.7. The lowest BCUT2D eigenvalue weighted by molar-refractivity contribution is 0.0384. The van der Waals surface area contributed by atoms with Crippen molar-refractivity contribution < 1.29 is 4.74 Å². The van der Waals surface area contributed by atoms with Crippen LogP contribution in [0.2, 0.25) is 19.6 Å². The SMILES string of the molecule is C[Si](C)(C)c1ccc(CNCCN2CCOCC2)cc1. The summed E-state index contributed by atoms with van der Waals surface area (Å²) in [5.74, 6) is 0. The Kier molecular flexibility index (Phi) is 5.78. The summed E-state index contributed by atoms with van der Waals surface area (Å²) in [6, 6.07) is 9.17. The second-order valence-electron chi connectivity index (χ2n) is 6.58. The molecule has 1 fully saturated rings. The van der Waals surface area contributed by atoms with Crippen molar-refractivity contribution in [2.24, 2.45) is 0 Å². The largest absolute Gasteiger partial charge is 0.379 e. The standard InChI is InChI=1S/C16H28N2OSi/c1-20(2,3)16-6-4-15(5-7-16)14-17-8-9-18-10-12-19-13-11-18/h4-7,17H,8-14H2,1-3H3. The summed E-state index contributed by atoms with van der Waals surface area (Å²) >= 11 is 0. The molecule has 112 valence electrons. The van der Waals surface area contributed by atoms with Gasteiger partial charge in [-0.2, -0.15) is 0 Å². The summed E-state index contributed by atoms with van der Waals surface area (Å²) in [6.07, 6.45) is 0. The van der Waals surface area contributed by atoms with Crippen molar-refractivity contribution in [3.05, 3.63) is 29.8 Å². The minimum absolute atomic E-state index is 0.887. The van der Waals surface area contributed by atoms with E-state index in [9.17, 15) is 0 Å². The van der Waals surface area contributed by atoms with Gasteiger partial charge in [0, 0.05) is 32.7 Å². The summed E-state index contributed by atoms with van der Waals surface area (Å²) in [7, 11) is -1.16. The molecule has 0 bridgehead atoms. The Morgan fingerprint density at radius 1 is 1.10 bits per heavy atom. The monoisotopic (exact) mass is 292 g/mol. The number of hydrogen-bond donors (Lipinski definition) is 1. The van der Waals surface area contributed by atoms with Crippen molar-refractivity contribution in [3.8, 4) is 0 Å². The van der Waals surface area contributed by atoms with Crippen LogP contribution in [0.3, 0.4) is 0 Å². The first kappa shape index (κ1) is 15.7. The molecule has 20 heavy (non-hydrogen) atoms. The van der Waals surface area contributed by atoms with E-state index >= 15 is 0 Å². The maximum Gasteiger partial charge on any atom is 0.0775 e. The number of nitrogens with one attached hydrogen (secondary N) is 1. The second kappa shape index (κ2) is 7.36. The average molecular weight is 292 g/mol. The van der Waals surface area contributed by atoms with Crippen LogP contribution < -0.4 is 10.5 Å². The van der Waals surface area contributed by atoms with Crippen LogP contribution >= 0.6 is 0 Å². The van der Waals surface area contributed by atoms with Gasteiger partial charge in [-0.3, -0.25) is 4.90 Å². The predicted molar refractivity (Wildman–Crippen MR) is 88.4 cm³/mol. The van der Waals surface area contributed by atoms with Gasteiger partial charge in [0.1, 0.15) is 0 Å². The third-order valence-electron chi connectivity index (χ3n) is 3.86. The zero-order valence-corrected chi connectivity index (χ0v) is 14.1. The van der Waals surface area contributed by atoms with E-state index in [1.807, 2.05) is 0 Å². The molecule has 1 aromatic rings. The fourth-order valence-corrected chi connectivity index (χ4v) is 3.58. The van der Waals surface area contributed by atoms with E-state index in [0.29, 0.717) is 0 Å². The Morgan fingerprint density at radius 2 is 1.75 bits per heavy atom. The van der Waals surface area contributed by atoms with Crippen molar-refractivity contribution in [3.63, 3.8) is 0 Å². The van der Waals surface area contributed by atoms with E-state index in [0.717, 1.165) is 45.9 Å². The third-order valence-corrected chi connectivity index (χ3v) is 5.92. The van der Waals surface area contributed by atoms with E-state index in [4.69, 9.17) is 4.74 Å². The van der Waals surface area contributed by atoms with Crippen LogP contribution in [0.5, 0.6) is 0 Å². The van der Waals surface area contributed by atoms with Crippen molar-refractivity contribution in [2.45, 2.75) is 26.2 Å². The normalized spacial score (nSPS) is 17.4. The fraction of sp³-hybridized carbons (Fsp3) is 0.625. The van der Waals surface area contributed by atoms with Gasteiger partial charge in [0.05, 0.1) is 21.3 Å². The summed E-state index contributed by atoms with van der Waals surface area (Å²) in [5, 5.41) is 5.07. The van der Waals surface area contributed by atoms with Gasteiger partial charge in [-0.05, 0) is 5.56 Å². The van der Waals surface area contributed by atoms with Gasteiger partial charge in [-0.25, -0.2) is 0 Å². The molecule has 1 heterocycles. The fourth-order valence-electron chi connectivity index (χ4n) is 2.42. The van der Waals surface area contributed by atoms with Crippen LogP contribution in [0.15, 0.2) is 24.3 Å². The van der Waals surface area contributed by atoms with Gasteiger partial charge in [0.2, 0.25) is 0 Å². The van der Waals surface area contributed by atoms with Crippen LogP contribution in [0, 0.1) is 0 Å². The van der Waals surface area contributed by atoms with Crippen LogP contribution in [-0.2, 0) is 11.3 Å². The molecule has 1 aliphatic heterocycles. The highest BCUT2D eigenvalue weighted by Gasteiger charge is 2.15. The van der Waals surface area contributed by atoms with E-state index in [1.54, 1.807) is 0 Å². The number of morpholine rings is 1. The Hall–Kier alpha value is -0.683. The molecule has 1 saturated heterocycles. The molecule has 4 heteroatoms. The van der Waals surface area contributed by atoms with Crippen LogP contribution in [0.1, 0.15) is 5.56 Å². The minimum Gasteiger partial charge on any atom is -0.379 e. The summed E-state index contributed by atoms with van der Waals surface area (Å²) in [4.78, 5) is 2.46. The first-order valence-corrected chi connectivity index (χ1v) is 11.2. The van der Waals surface area contributed by atoms with Crippen molar-refractivity contribution in [2.75, 3.05) is 39.4 Å². The molecule has 2 rings (SSSR count). The van der Waals surface area contributed by atoms with Gasteiger partial charge < -0.3 is 10.1 Å². The topological polar surface area (TPSA) is 24.5 Å². The van der Waals surface area contributed by atoms with E-state index in [-0.39, 0.29) is 0 Å². The number of ether oxygens (including phenoxy) is 1. The lowest BCUT2D eigenvalue weighted by Gasteiger charge is -2.26. The highest BCUT2D eigenvalue weighted by Crippen LogP contribution is 2.04. The Balaban J connectivity index is 1.68. The quantitative estimate of drug-likeness (QED) is 0.637. The molecule has 0 aromatic heterocycles. The molecule has 0 saturated carbocycles. The Bertz CT molecular complexity index is 394. The lowest BCUT2D eigenvalue weighted by Crippen LogP contribution is -2.40. The van der Waals surface area contributed by atoms with Gasteiger partial charge in [0.25, 0.3) is 0 Å². The summed E-state index contributed by atoms with van der Waals surface area (Å²) in [5.41, 5.74) is 1.38. The Labute approximate surface area is 124 Å². The molecule has 0 aliphatic carbocycles. The van der Waals surface area contributed by atoms with E-state index in [2.05, 4.69) is 54.1 Å². The molecule has 1 aliphatic rings. The first-order valence-electron chi connectivity index (χ1n) is 7.66. The molecule has 0 atom stereocenters. The van der Waals surface area contributed by atoms with Crippen LogP contribution in [0.25, 0.3) is 0 Å². The smallest absolute Gasteiger partial charge is 0.0775 e. The molecule has 0 radical (unpaired) electrons. The molecule has 0 spiro atoms. The third kappa shape index (κ3) is 5.02. The molecule has 3 nitrogen and oxygen atoms in total. The summed E-state index contributed by atoms with van der Waals surface area (Å²) in [6.45, 7) is 14.2. The molecule has 0 unspecified atom stereocenters. The zero-order valence-electron chi connectivity index (χ0n) is 13.1. The van der Waals surface area contributed by atoms with Crippen molar-refractivity contribution in [1.82, 2.24) is 10.2 Å². The maximum absolute atomic E-state index is 5.36. The highest BCUT2D eigenvalue weighted by atomic mass is 28.3. The molecular formula is C16H28N2OSi. The van der Waals surface area contributed by atoms with Crippen LogP contribution in [-0.4, -0.2) is 52.4 Å². The minimum atomic E-state index is -1.16. The maximum atomic E-state index is 5.36. The first-order chi connectivity index (χ1) is 9.55.